The van der Waals surface area contributed by atoms with E-state index in [4.69, 9.17) is 4.74 Å². The van der Waals surface area contributed by atoms with E-state index < -0.39 is 6.10 Å². The van der Waals surface area contributed by atoms with Crippen LogP contribution in [0.25, 0.3) is 0 Å². The average Bonchev–Trinajstić information content (AvgIpc) is 2.41. The molecule has 4 nitrogen and oxygen atoms in total. The molecule has 1 unspecified atom stereocenters. The summed E-state index contributed by atoms with van der Waals surface area (Å²) in [6.07, 6.45) is 2.50. The van der Waals surface area contributed by atoms with Crippen molar-refractivity contribution >= 4 is 0 Å². The summed E-state index contributed by atoms with van der Waals surface area (Å²) >= 11 is 0. The van der Waals surface area contributed by atoms with Crippen molar-refractivity contribution in [1.29, 1.82) is 0 Å². The van der Waals surface area contributed by atoms with Crippen molar-refractivity contribution in [3.05, 3.63) is 52.6 Å². The van der Waals surface area contributed by atoms with Gasteiger partial charge in [0.05, 0.1) is 24.7 Å². The Kier molecular flexibility index (Phi) is 3.81. The number of hydrogen-bond acceptors (Lipinski definition) is 4. The monoisotopic (exact) mass is 258 g/mol. The fraction of sp³-hybridized carbons (Fsp3) is 0.333. The van der Waals surface area contributed by atoms with Crippen molar-refractivity contribution in [2.45, 2.75) is 26.9 Å². The highest BCUT2D eigenvalue weighted by Crippen LogP contribution is 2.29. The Morgan fingerprint density at radius 1 is 1.05 bits per heavy atom. The van der Waals surface area contributed by atoms with Crippen LogP contribution in [0.4, 0.5) is 0 Å². The van der Waals surface area contributed by atoms with Crippen LogP contribution >= 0.6 is 0 Å². The molecule has 0 saturated heterocycles. The SMILES string of the molecule is COc1cc(C)c(C(O)c2cnc(C)cn2)cc1C. The van der Waals surface area contributed by atoms with E-state index in [2.05, 4.69) is 9.97 Å². The van der Waals surface area contributed by atoms with Crippen molar-refractivity contribution in [3.8, 4) is 5.75 Å². The first-order valence-corrected chi connectivity index (χ1v) is 6.14. The van der Waals surface area contributed by atoms with Gasteiger partial charge in [-0.3, -0.25) is 9.97 Å². The van der Waals surface area contributed by atoms with Gasteiger partial charge in [0.25, 0.3) is 0 Å². The molecule has 2 aromatic rings. The molecule has 0 aliphatic carbocycles. The first-order chi connectivity index (χ1) is 9.02. The Labute approximate surface area is 113 Å². The van der Waals surface area contributed by atoms with E-state index in [0.29, 0.717) is 5.69 Å². The maximum Gasteiger partial charge on any atom is 0.123 e. The molecule has 1 aromatic heterocycles. The molecule has 19 heavy (non-hydrogen) atoms. The highest BCUT2D eigenvalue weighted by Gasteiger charge is 2.16. The summed E-state index contributed by atoms with van der Waals surface area (Å²) in [5, 5.41) is 10.4. The number of hydrogen-bond donors (Lipinski definition) is 1. The molecular weight excluding hydrogens is 240 g/mol. The lowest BCUT2D eigenvalue weighted by atomic mass is 9.98. The first kappa shape index (κ1) is 13.5. The Bertz CT molecular complexity index is 579. The fourth-order valence-electron chi connectivity index (χ4n) is 2.03. The normalized spacial score (nSPS) is 12.3. The Morgan fingerprint density at radius 2 is 1.79 bits per heavy atom. The second-order valence-corrected chi connectivity index (χ2v) is 4.66. The van der Waals surface area contributed by atoms with Crippen LogP contribution in [-0.4, -0.2) is 22.2 Å². The number of aromatic nitrogens is 2. The molecule has 0 bridgehead atoms. The van der Waals surface area contributed by atoms with Gasteiger partial charge >= 0.3 is 0 Å². The maximum atomic E-state index is 10.4. The summed E-state index contributed by atoms with van der Waals surface area (Å²) in [6.45, 7) is 5.77. The van der Waals surface area contributed by atoms with Crippen LogP contribution in [0.15, 0.2) is 24.5 Å². The molecule has 0 aliphatic rings. The highest BCUT2D eigenvalue weighted by atomic mass is 16.5. The third kappa shape index (κ3) is 2.74. The van der Waals surface area contributed by atoms with Crippen molar-refractivity contribution in [3.63, 3.8) is 0 Å². The zero-order valence-corrected chi connectivity index (χ0v) is 11.6. The molecule has 0 aliphatic heterocycles. The maximum absolute atomic E-state index is 10.4. The minimum absolute atomic E-state index is 0.554. The van der Waals surface area contributed by atoms with E-state index in [0.717, 1.165) is 28.1 Å². The lowest BCUT2D eigenvalue weighted by Gasteiger charge is -2.16. The number of aliphatic hydroxyl groups is 1. The summed E-state index contributed by atoms with van der Waals surface area (Å²) < 4.78 is 5.27. The molecule has 0 radical (unpaired) electrons. The van der Waals surface area contributed by atoms with Crippen molar-refractivity contribution in [2.75, 3.05) is 7.11 Å². The summed E-state index contributed by atoms with van der Waals surface area (Å²) in [7, 11) is 1.64. The lowest BCUT2D eigenvalue weighted by molar-refractivity contribution is 0.214. The number of aliphatic hydroxyl groups excluding tert-OH is 1. The van der Waals surface area contributed by atoms with E-state index in [9.17, 15) is 5.11 Å². The molecule has 100 valence electrons. The van der Waals surface area contributed by atoms with Gasteiger partial charge in [-0.2, -0.15) is 0 Å². The standard InChI is InChI=1S/C15H18N2O2/c1-9-6-14(19-4)10(2)5-12(9)15(18)13-8-16-11(3)7-17-13/h5-8,15,18H,1-4H3. The number of rotatable bonds is 3. The molecule has 0 fully saturated rings. The summed E-state index contributed by atoms with van der Waals surface area (Å²) in [5.74, 6) is 0.823. The van der Waals surface area contributed by atoms with Crippen LogP contribution in [0.2, 0.25) is 0 Å². The third-order valence-electron chi connectivity index (χ3n) is 3.16. The number of methoxy groups -OCH3 is 1. The van der Waals surface area contributed by atoms with E-state index in [-0.39, 0.29) is 0 Å². The number of ether oxygens (including phenoxy) is 1. The van der Waals surface area contributed by atoms with E-state index in [1.54, 1.807) is 19.5 Å². The van der Waals surface area contributed by atoms with Crippen molar-refractivity contribution in [1.82, 2.24) is 9.97 Å². The molecule has 0 spiro atoms. The minimum Gasteiger partial charge on any atom is -0.496 e. The van der Waals surface area contributed by atoms with Gasteiger partial charge in [-0.05, 0) is 49.6 Å². The molecule has 1 N–H and O–H groups in total. The lowest BCUT2D eigenvalue weighted by Crippen LogP contribution is -2.06. The number of benzene rings is 1. The van der Waals surface area contributed by atoms with Gasteiger partial charge in [0, 0.05) is 6.20 Å². The third-order valence-corrected chi connectivity index (χ3v) is 3.16. The predicted octanol–water partition coefficient (Wildman–Crippen LogP) is 2.49. The van der Waals surface area contributed by atoms with Gasteiger partial charge in [0.15, 0.2) is 0 Å². The molecule has 1 atom stereocenters. The first-order valence-electron chi connectivity index (χ1n) is 6.14. The summed E-state index contributed by atoms with van der Waals surface area (Å²) in [5.41, 5.74) is 4.17. The predicted molar refractivity (Wildman–Crippen MR) is 73.3 cm³/mol. The number of nitrogens with zero attached hydrogens (tertiary/aromatic N) is 2. The summed E-state index contributed by atoms with van der Waals surface area (Å²) in [4.78, 5) is 8.39. The van der Waals surface area contributed by atoms with Crippen LogP contribution in [0.5, 0.6) is 5.75 Å². The quantitative estimate of drug-likeness (QED) is 0.919. The van der Waals surface area contributed by atoms with Crippen LogP contribution in [0, 0.1) is 20.8 Å². The summed E-state index contributed by atoms with van der Waals surface area (Å²) in [6, 6.07) is 3.86. The van der Waals surface area contributed by atoms with Gasteiger partial charge in [-0.25, -0.2) is 0 Å². The van der Waals surface area contributed by atoms with E-state index >= 15 is 0 Å². The number of aryl methyl sites for hydroxylation is 3. The Balaban J connectivity index is 2.41. The smallest absolute Gasteiger partial charge is 0.123 e. The molecule has 2 rings (SSSR count). The van der Waals surface area contributed by atoms with Gasteiger partial charge < -0.3 is 9.84 Å². The van der Waals surface area contributed by atoms with Crippen LogP contribution in [-0.2, 0) is 0 Å². The van der Waals surface area contributed by atoms with Gasteiger partial charge in [0.2, 0.25) is 0 Å². The highest BCUT2D eigenvalue weighted by molar-refractivity contribution is 5.44. The molecular formula is C15H18N2O2. The Hall–Kier alpha value is -1.94. The second kappa shape index (κ2) is 5.36. The largest absolute Gasteiger partial charge is 0.496 e. The van der Waals surface area contributed by atoms with Crippen LogP contribution < -0.4 is 4.74 Å². The fourth-order valence-corrected chi connectivity index (χ4v) is 2.03. The second-order valence-electron chi connectivity index (χ2n) is 4.66. The molecule has 0 amide bonds. The van der Waals surface area contributed by atoms with E-state index in [1.165, 1.54) is 0 Å². The van der Waals surface area contributed by atoms with Crippen LogP contribution in [0.1, 0.15) is 34.2 Å². The zero-order valence-electron chi connectivity index (χ0n) is 11.6. The molecule has 4 heteroatoms. The van der Waals surface area contributed by atoms with Gasteiger partial charge in [0.1, 0.15) is 11.9 Å². The molecule has 1 heterocycles. The molecule has 0 saturated carbocycles. The zero-order chi connectivity index (χ0) is 14.0. The topological polar surface area (TPSA) is 55.2 Å². The van der Waals surface area contributed by atoms with Gasteiger partial charge in [-0.1, -0.05) is 0 Å². The van der Waals surface area contributed by atoms with Crippen molar-refractivity contribution in [2.24, 2.45) is 0 Å². The minimum atomic E-state index is -0.766. The van der Waals surface area contributed by atoms with Crippen molar-refractivity contribution < 1.29 is 9.84 Å². The van der Waals surface area contributed by atoms with E-state index in [1.807, 2.05) is 32.9 Å². The Morgan fingerprint density at radius 3 is 2.37 bits per heavy atom. The molecule has 1 aromatic carbocycles. The van der Waals surface area contributed by atoms with Gasteiger partial charge in [-0.15, -0.1) is 0 Å². The average molecular weight is 258 g/mol. The van der Waals surface area contributed by atoms with Crippen LogP contribution in [0.3, 0.4) is 0 Å².